The Kier molecular flexibility index (Phi) is 39.2. The van der Waals surface area contributed by atoms with E-state index in [0.717, 1.165) is 39.0 Å². The van der Waals surface area contributed by atoms with Gasteiger partial charge in [-0.05, 0) is 6.42 Å². The van der Waals surface area contributed by atoms with Crippen LogP contribution in [-0.4, -0.2) is 40.3 Å². The maximum atomic E-state index is 4.27. The van der Waals surface area contributed by atoms with Crippen molar-refractivity contribution in [3.63, 3.8) is 0 Å². The monoisotopic (exact) mass is 357 g/mol. The molecule has 20 heavy (non-hydrogen) atoms. The summed E-state index contributed by atoms with van der Waals surface area (Å²) in [6.45, 7) is 9.96. The predicted molar refractivity (Wildman–Crippen MR) is 91.3 cm³/mol. The number of hydrogen-bond acceptors (Lipinski definition) is 0. The van der Waals surface area contributed by atoms with Crippen LogP contribution < -0.4 is 0 Å². The van der Waals surface area contributed by atoms with Gasteiger partial charge in [-0.25, -0.2) is 0 Å². The van der Waals surface area contributed by atoms with Crippen LogP contribution in [0.4, 0.5) is 0 Å². The second kappa shape index (κ2) is 27.6. The molecule has 4 heteroatoms. The first-order chi connectivity index (χ1) is 8.76. The molecular formula is C16H33N3Zr. The molecule has 0 aliphatic heterocycles. The molecule has 0 unspecified atom stereocenters. The average molecular weight is 359 g/mol. The summed E-state index contributed by atoms with van der Waals surface area (Å²) >= 11 is 0. The van der Waals surface area contributed by atoms with E-state index in [-0.39, 0.29) is 33.6 Å². The second-order valence-electron chi connectivity index (χ2n) is 3.74. The van der Waals surface area contributed by atoms with Gasteiger partial charge in [-0.3, -0.25) is 0 Å². The van der Waals surface area contributed by atoms with Crippen molar-refractivity contribution in [3.05, 3.63) is 47.2 Å². The molecule has 0 saturated heterocycles. The quantitative estimate of drug-likeness (QED) is 0.467. The van der Waals surface area contributed by atoms with E-state index in [9.17, 15) is 0 Å². The van der Waals surface area contributed by atoms with Gasteiger partial charge in [0.05, 0.1) is 0 Å². The Hall–Kier alpha value is 0.243. The summed E-state index contributed by atoms with van der Waals surface area (Å²) in [6.07, 6.45) is 8.83. The largest absolute Gasteiger partial charge is 4.00 e. The summed E-state index contributed by atoms with van der Waals surface area (Å²) in [5.41, 5.74) is 1.53. The minimum absolute atomic E-state index is 0. The molecule has 0 aromatic heterocycles. The van der Waals surface area contributed by atoms with Gasteiger partial charge in [-0.2, -0.15) is 33.7 Å². The zero-order valence-corrected chi connectivity index (χ0v) is 16.8. The van der Waals surface area contributed by atoms with Gasteiger partial charge in [0.15, 0.2) is 0 Å². The van der Waals surface area contributed by atoms with E-state index in [1.165, 1.54) is 5.57 Å². The van der Waals surface area contributed by atoms with Crippen molar-refractivity contribution in [2.45, 2.75) is 33.6 Å². The van der Waals surface area contributed by atoms with Gasteiger partial charge >= 0.3 is 26.2 Å². The van der Waals surface area contributed by atoms with Crippen LogP contribution in [0.2, 0.25) is 0 Å². The minimum atomic E-state index is 0. The molecule has 0 saturated carbocycles. The molecule has 0 amide bonds. The smallest absolute Gasteiger partial charge is 0.665 e. The number of allylic oxidation sites excluding steroid dienone is 3. The molecule has 0 atom stereocenters. The van der Waals surface area contributed by atoms with Crippen LogP contribution in [-0.2, 0) is 26.2 Å². The summed E-state index contributed by atoms with van der Waals surface area (Å²) < 4.78 is 0. The molecule has 1 aliphatic carbocycles. The molecule has 0 aromatic carbocycles. The Balaban J connectivity index is -0.000000110. The summed E-state index contributed by atoms with van der Waals surface area (Å²) in [6, 6.07) is 0. The van der Waals surface area contributed by atoms with Crippen LogP contribution in [0.1, 0.15) is 33.6 Å². The molecule has 0 heterocycles. The third-order valence-electron chi connectivity index (χ3n) is 2.30. The molecule has 116 valence electrons. The predicted octanol–water partition coefficient (Wildman–Crippen LogP) is 5.12. The molecule has 0 fully saturated rings. The first-order valence-corrected chi connectivity index (χ1v) is 6.85. The van der Waals surface area contributed by atoms with Gasteiger partial charge in [0, 0.05) is 0 Å². The maximum Gasteiger partial charge on any atom is 4.00 e. The Labute approximate surface area is 147 Å². The van der Waals surface area contributed by atoms with E-state index >= 15 is 0 Å². The summed E-state index contributed by atoms with van der Waals surface area (Å²) in [7, 11) is 3.61. The Morgan fingerprint density at radius 1 is 1.00 bits per heavy atom. The topological polar surface area (TPSA) is 42.3 Å². The van der Waals surface area contributed by atoms with Crippen molar-refractivity contribution in [1.29, 1.82) is 0 Å². The van der Waals surface area contributed by atoms with Gasteiger partial charge in [0.1, 0.15) is 0 Å². The van der Waals surface area contributed by atoms with Gasteiger partial charge in [-0.15, -0.1) is 6.54 Å². The molecule has 1 aliphatic rings. The minimum Gasteiger partial charge on any atom is -0.665 e. The van der Waals surface area contributed by atoms with Crippen molar-refractivity contribution in [3.8, 4) is 0 Å². The zero-order valence-electron chi connectivity index (χ0n) is 14.3. The molecule has 0 radical (unpaired) electrons. The van der Waals surface area contributed by atoms with Crippen molar-refractivity contribution in [1.82, 2.24) is 0 Å². The third kappa shape index (κ3) is 26.7. The van der Waals surface area contributed by atoms with Crippen molar-refractivity contribution in [2.75, 3.05) is 40.3 Å². The van der Waals surface area contributed by atoms with E-state index < -0.39 is 0 Å². The standard InChI is InChI=1S/C9H14N.2C3H8N.CH3.Zr/c1-2-10-8-7-9-5-3-4-6-9;2*1-3-4-2;;/h3-5H,2,6-8H2,1H3;2*3H2,1-2H3;1H3;/q4*-1;+4. The number of nitrogens with zero attached hydrogens (tertiary/aromatic N) is 3. The fourth-order valence-corrected chi connectivity index (χ4v) is 1.06. The third-order valence-corrected chi connectivity index (χ3v) is 2.30. The van der Waals surface area contributed by atoms with E-state index in [1.54, 1.807) is 14.1 Å². The Bertz CT molecular complexity index is 196. The van der Waals surface area contributed by atoms with Crippen molar-refractivity contribution in [2.24, 2.45) is 0 Å². The Morgan fingerprint density at radius 3 is 1.80 bits per heavy atom. The molecule has 0 N–H and O–H groups in total. The van der Waals surface area contributed by atoms with Gasteiger partial charge in [-0.1, -0.05) is 51.0 Å². The molecule has 1 rings (SSSR count). The fourth-order valence-electron chi connectivity index (χ4n) is 1.06. The van der Waals surface area contributed by atoms with E-state index in [4.69, 9.17) is 0 Å². The Morgan fingerprint density at radius 2 is 1.50 bits per heavy atom. The van der Waals surface area contributed by atoms with E-state index in [0.29, 0.717) is 0 Å². The van der Waals surface area contributed by atoms with Crippen LogP contribution in [0.25, 0.3) is 16.0 Å². The molecular weight excluding hydrogens is 325 g/mol. The fraction of sp³-hybridized carbons (Fsp3) is 0.688. The average Bonchev–Trinajstić information content (AvgIpc) is 2.93. The summed E-state index contributed by atoms with van der Waals surface area (Å²) in [5, 5.41) is 11.7. The molecule has 3 nitrogen and oxygen atoms in total. The van der Waals surface area contributed by atoms with Gasteiger partial charge < -0.3 is 23.4 Å². The molecule has 0 aromatic rings. The van der Waals surface area contributed by atoms with Crippen LogP contribution in [0.15, 0.2) is 23.8 Å². The van der Waals surface area contributed by atoms with Crippen LogP contribution in [0, 0.1) is 7.43 Å². The first-order valence-electron chi connectivity index (χ1n) is 6.85. The van der Waals surface area contributed by atoms with Crippen LogP contribution >= 0.6 is 0 Å². The first kappa shape index (κ1) is 28.4. The van der Waals surface area contributed by atoms with Crippen molar-refractivity contribution < 1.29 is 26.2 Å². The second-order valence-corrected chi connectivity index (χ2v) is 3.74. The van der Waals surface area contributed by atoms with Crippen LogP contribution in [0.5, 0.6) is 0 Å². The zero-order chi connectivity index (χ0) is 14.1. The van der Waals surface area contributed by atoms with E-state index in [1.807, 2.05) is 13.8 Å². The molecule has 0 bridgehead atoms. The summed E-state index contributed by atoms with van der Waals surface area (Å²) in [5.74, 6) is 0. The van der Waals surface area contributed by atoms with Crippen LogP contribution in [0.3, 0.4) is 0 Å². The molecule has 0 spiro atoms. The van der Waals surface area contributed by atoms with E-state index in [2.05, 4.69) is 41.1 Å². The maximum absolute atomic E-state index is 4.27. The van der Waals surface area contributed by atoms with Crippen molar-refractivity contribution >= 4 is 0 Å². The number of hydrogen-bond donors (Lipinski definition) is 0. The normalized spacial score (nSPS) is 10.9. The van der Waals surface area contributed by atoms with Gasteiger partial charge in [0.2, 0.25) is 0 Å². The SMILES string of the molecule is CC[N-]C.CC[N-]C.CC[N-]CCC1=CC=CC1.[CH3-].[Zr+4]. The number of rotatable bonds is 6. The van der Waals surface area contributed by atoms with Gasteiger partial charge in [0.25, 0.3) is 0 Å². The summed E-state index contributed by atoms with van der Waals surface area (Å²) in [4.78, 5) is 0.